The van der Waals surface area contributed by atoms with Crippen molar-refractivity contribution in [2.75, 3.05) is 19.8 Å². The number of aliphatic hydroxyl groups excluding tert-OH is 2. The first kappa shape index (κ1) is 13.8. The minimum absolute atomic E-state index is 0.145. The molecule has 0 aromatic rings. The smallest absolute Gasteiger partial charge is 0.0883 e. The second-order valence-electron chi connectivity index (χ2n) is 3.91. The van der Waals surface area contributed by atoms with E-state index in [4.69, 9.17) is 9.99 Å². The first-order valence-electron chi connectivity index (χ1n) is 5.27. The van der Waals surface area contributed by atoms with Crippen molar-refractivity contribution in [1.82, 2.24) is 0 Å². The van der Waals surface area contributed by atoms with Crippen LogP contribution in [0.1, 0.15) is 19.8 Å². The number of rotatable bonds is 3. The second-order valence-corrected chi connectivity index (χ2v) is 3.91. The van der Waals surface area contributed by atoms with Crippen molar-refractivity contribution in [3.8, 4) is 0 Å². The summed E-state index contributed by atoms with van der Waals surface area (Å²) < 4.78 is 0. The highest BCUT2D eigenvalue weighted by atomic mass is 17.8. The van der Waals surface area contributed by atoms with Crippen molar-refractivity contribution in [3.05, 3.63) is 0 Å². The molecule has 0 bridgehead atoms. The van der Waals surface area contributed by atoms with Gasteiger partial charge in [-0.15, -0.1) is 0 Å². The van der Waals surface area contributed by atoms with E-state index >= 15 is 0 Å². The summed E-state index contributed by atoms with van der Waals surface area (Å²) in [5.41, 5.74) is 0. The lowest BCUT2D eigenvalue weighted by molar-refractivity contribution is -0.710. The molecular formula is C9H18O7. The fraction of sp³-hybridized carbons (Fsp3) is 1.00. The van der Waals surface area contributed by atoms with Crippen LogP contribution in [0.3, 0.4) is 0 Å². The van der Waals surface area contributed by atoms with E-state index in [-0.39, 0.29) is 18.4 Å². The molecule has 0 radical (unpaired) electrons. The Labute approximate surface area is 93.5 Å². The first-order valence-corrected chi connectivity index (χ1v) is 5.27. The van der Waals surface area contributed by atoms with Crippen LogP contribution in [0, 0.1) is 11.8 Å². The highest BCUT2D eigenvalue weighted by Gasteiger charge is 2.22. The quantitative estimate of drug-likeness (QED) is 0.676. The fourth-order valence-corrected chi connectivity index (χ4v) is 1.61. The molecule has 7 heteroatoms. The van der Waals surface area contributed by atoms with Crippen molar-refractivity contribution in [3.63, 3.8) is 0 Å². The molecule has 0 amide bonds. The third-order valence-corrected chi connectivity index (χ3v) is 2.65. The van der Waals surface area contributed by atoms with Crippen LogP contribution in [-0.4, -0.2) is 36.1 Å². The molecule has 16 heavy (non-hydrogen) atoms. The van der Waals surface area contributed by atoms with E-state index in [0.717, 1.165) is 0 Å². The van der Waals surface area contributed by atoms with Crippen molar-refractivity contribution in [2.45, 2.75) is 25.9 Å². The molecule has 2 N–H and O–H groups in total. The summed E-state index contributed by atoms with van der Waals surface area (Å²) in [7, 11) is 0. The molecule has 7 nitrogen and oxygen atoms in total. The number of aliphatic hydroxyl groups is 2. The van der Waals surface area contributed by atoms with Gasteiger partial charge in [0, 0.05) is 0 Å². The Kier molecular flexibility index (Phi) is 6.81. The Morgan fingerprint density at radius 3 is 2.75 bits per heavy atom. The lowest BCUT2D eigenvalue weighted by Crippen LogP contribution is -2.26. The zero-order chi connectivity index (χ0) is 11.8. The third-order valence-electron chi connectivity index (χ3n) is 2.65. The summed E-state index contributed by atoms with van der Waals surface area (Å²) in [6.07, 6.45) is 0.421. The van der Waals surface area contributed by atoms with E-state index < -0.39 is 6.10 Å². The average Bonchev–Trinajstić information content (AvgIpc) is 2.30. The van der Waals surface area contributed by atoms with Crippen LogP contribution < -0.4 is 0 Å². The molecule has 0 saturated carbocycles. The molecule has 3 unspecified atom stereocenters. The van der Waals surface area contributed by atoms with E-state index in [2.05, 4.69) is 20.0 Å². The molecule has 0 aromatic heterocycles. The number of hydrogen-bond donors (Lipinski definition) is 2. The van der Waals surface area contributed by atoms with Crippen molar-refractivity contribution in [1.29, 1.82) is 0 Å². The number of hydrogen-bond acceptors (Lipinski definition) is 7. The van der Waals surface area contributed by atoms with Gasteiger partial charge >= 0.3 is 0 Å². The monoisotopic (exact) mass is 238 g/mol. The van der Waals surface area contributed by atoms with Crippen LogP contribution >= 0.6 is 0 Å². The van der Waals surface area contributed by atoms with Gasteiger partial charge in [0.25, 0.3) is 0 Å². The normalized spacial score (nSPS) is 30.9. The minimum Gasteiger partial charge on any atom is -0.394 e. The molecule has 0 aliphatic carbocycles. The maximum absolute atomic E-state index is 9.40. The molecular weight excluding hydrogens is 220 g/mol. The van der Waals surface area contributed by atoms with Gasteiger partial charge in [0.1, 0.15) is 0 Å². The lowest BCUT2D eigenvalue weighted by atomic mass is 9.87. The highest BCUT2D eigenvalue weighted by molar-refractivity contribution is 4.70. The predicted octanol–water partition coefficient (Wildman–Crippen LogP) is 0.129. The summed E-state index contributed by atoms with van der Waals surface area (Å²) in [6, 6.07) is 0. The molecule has 1 aliphatic rings. The molecule has 3 atom stereocenters. The predicted molar refractivity (Wildman–Crippen MR) is 50.1 cm³/mol. The van der Waals surface area contributed by atoms with Gasteiger partial charge in [-0.05, 0) is 39.8 Å². The van der Waals surface area contributed by atoms with Gasteiger partial charge in [0.15, 0.2) is 0 Å². The average molecular weight is 238 g/mol. The van der Waals surface area contributed by atoms with Crippen molar-refractivity contribution in [2.24, 2.45) is 11.8 Å². The molecule has 1 saturated heterocycles. The maximum atomic E-state index is 9.40. The van der Waals surface area contributed by atoms with Crippen LogP contribution in [0.5, 0.6) is 0 Å². The molecule has 0 aromatic carbocycles. The molecule has 1 aliphatic heterocycles. The van der Waals surface area contributed by atoms with Gasteiger partial charge in [-0.2, -0.15) is 0 Å². The van der Waals surface area contributed by atoms with Gasteiger partial charge in [0.05, 0.1) is 25.9 Å². The van der Waals surface area contributed by atoms with Crippen molar-refractivity contribution >= 4 is 0 Å². The van der Waals surface area contributed by atoms with Crippen molar-refractivity contribution < 1.29 is 35.1 Å². The summed E-state index contributed by atoms with van der Waals surface area (Å²) in [5.74, 6) is 0.291. The summed E-state index contributed by atoms with van der Waals surface area (Å²) in [4.78, 5) is 9.33. The second kappa shape index (κ2) is 7.91. The van der Waals surface area contributed by atoms with Gasteiger partial charge < -0.3 is 10.2 Å². The molecule has 1 rings (SSSR count). The topological polar surface area (TPSA) is 86.6 Å². The van der Waals surface area contributed by atoms with E-state index in [0.29, 0.717) is 26.1 Å². The van der Waals surface area contributed by atoms with Gasteiger partial charge in [-0.25, -0.2) is 9.78 Å². The molecule has 96 valence electrons. The highest BCUT2D eigenvalue weighted by Crippen LogP contribution is 2.23. The SMILES string of the molecule is CC1COOOOOCCC1CC(O)CO. The summed E-state index contributed by atoms with van der Waals surface area (Å²) in [6.45, 7) is 2.34. The van der Waals surface area contributed by atoms with E-state index in [1.54, 1.807) is 0 Å². The van der Waals surface area contributed by atoms with Crippen LogP contribution in [-0.2, 0) is 24.9 Å². The van der Waals surface area contributed by atoms with Gasteiger partial charge in [-0.3, -0.25) is 0 Å². The summed E-state index contributed by atoms with van der Waals surface area (Å²) in [5, 5.41) is 30.6. The Balaban J connectivity index is 2.40. The standard InChI is InChI=1S/C9H18O7/c1-7-6-13-15-16-14-12-3-2-8(7)4-9(11)5-10/h7-11H,2-6H2,1H3. The zero-order valence-corrected chi connectivity index (χ0v) is 9.20. The van der Waals surface area contributed by atoms with Gasteiger partial charge in [0.2, 0.25) is 0 Å². The summed E-state index contributed by atoms with van der Waals surface area (Å²) >= 11 is 0. The Morgan fingerprint density at radius 1 is 1.25 bits per heavy atom. The maximum Gasteiger partial charge on any atom is 0.0883 e. The van der Waals surface area contributed by atoms with E-state index in [1.165, 1.54) is 0 Å². The lowest BCUT2D eigenvalue weighted by Gasteiger charge is -2.25. The largest absolute Gasteiger partial charge is 0.394 e. The van der Waals surface area contributed by atoms with Gasteiger partial charge in [-0.1, -0.05) is 6.92 Å². The van der Waals surface area contributed by atoms with Crippen LogP contribution in [0.2, 0.25) is 0 Å². The molecule has 1 fully saturated rings. The molecule has 1 heterocycles. The van der Waals surface area contributed by atoms with Crippen LogP contribution in [0.25, 0.3) is 0 Å². The fourth-order valence-electron chi connectivity index (χ4n) is 1.61. The Morgan fingerprint density at radius 2 is 2.00 bits per heavy atom. The zero-order valence-electron chi connectivity index (χ0n) is 9.20. The van der Waals surface area contributed by atoms with Crippen LogP contribution in [0.15, 0.2) is 0 Å². The Bertz CT molecular complexity index is 177. The van der Waals surface area contributed by atoms with Crippen LogP contribution in [0.4, 0.5) is 0 Å². The third kappa shape index (κ3) is 5.17. The molecule has 0 spiro atoms. The van der Waals surface area contributed by atoms with E-state index in [1.807, 2.05) is 6.92 Å². The first-order chi connectivity index (χ1) is 7.74. The Hall–Kier alpha value is -0.280. The minimum atomic E-state index is -0.728. The van der Waals surface area contributed by atoms with E-state index in [9.17, 15) is 5.11 Å².